The highest BCUT2D eigenvalue weighted by atomic mass is 35.5. The van der Waals surface area contributed by atoms with E-state index in [1.165, 1.54) is 6.07 Å². The first-order valence-electron chi connectivity index (χ1n) is 5.42. The van der Waals surface area contributed by atoms with Crippen LogP contribution in [0.5, 0.6) is 0 Å². The number of hydrogen-bond donors (Lipinski definition) is 0. The summed E-state index contributed by atoms with van der Waals surface area (Å²) in [6.07, 6.45) is 0. The Hall–Kier alpha value is -1.25. The van der Waals surface area contributed by atoms with Crippen molar-refractivity contribution in [2.75, 3.05) is 19.0 Å². The third kappa shape index (κ3) is 2.45. The molecule has 0 spiro atoms. The Labute approximate surface area is 116 Å². The molecule has 0 aliphatic carbocycles. The van der Waals surface area contributed by atoms with Crippen molar-refractivity contribution >= 4 is 28.9 Å². The van der Waals surface area contributed by atoms with Crippen molar-refractivity contribution in [2.24, 2.45) is 0 Å². The summed E-state index contributed by atoms with van der Waals surface area (Å²) in [6.45, 7) is 0. The van der Waals surface area contributed by atoms with Gasteiger partial charge in [0.25, 0.3) is 0 Å². The molecule has 0 unspecified atom stereocenters. The van der Waals surface area contributed by atoms with E-state index in [0.29, 0.717) is 26.9 Å². The molecular weight excluding hydrogens is 272 g/mol. The van der Waals surface area contributed by atoms with Gasteiger partial charge in [-0.3, -0.25) is 0 Å². The molecule has 0 saturated carbocycles. The standard InChI is InChI=1S/C14H12Cl2FN/c1-18(2)13-7-6-9(8-12(13)17)14-10(15)4-3-5-11(14)16/h3-8H,1-2H3. The van der Waals surface area contributed by atoms with E-state index in [1.807, 2.05) is 6.07 Å². The molecule has 0 atom stereocenters. The zero-order valence-electron chi connectivity index (χ0n) is 10.0. The first-order chi connectivity index (χ1) is 8.50. The highest BCUT2D eigenvalue weighted by Gasteiger charge is 2.11. The SMILES string of the molecule is CN(C)c1ccc(-c2c(Cl)cccc2Cl)cc1F. The van der Waals surface area contributed by atoms with Crippen LogP contribution in [-0.4, -0.2) is 14.1 Å². The molecule has 18 heavy (non-hydrogen) atoms. The fourth-order valence-electron chi connectivity index (χ4n) is 1.80. The Kier molecular flexibility index (Phi) is 3.79. The summed E-state index contributed by atoms with van der Waals surface area (Å²) < 4.78 is 13.9. The van der Waals surface area contributed by atoms with E-state index >= 15 is 0 Å². The molecular formula is C14H12Cl2FN. The van der Waals surface area contributed by atoms with Crippen LogP contribution in [0.15, 0.2) is 36.4 Å². The van der Waals surface area contributed by atoms with Crippen LogP contribution in [0.4, 0.5) is 10.1 Å². The van der Waals surface area contributed by atoms with Crippen molar-refractivity contribution in [3.63, 3.8) is 0 Å². The van der Waals surface area contributed by atoms with E-state index in [4.69, 9.17) is 23.2 Å². The Balaban J connectivity index is 2.56. The highest BCUT2D eigenvalue weighted by Crippen LogP contribution is 2.36. The fourth-order valence-corrected chi connectivity index (χ4v) is 2.41. The maximum atomic E-state index is 13.9. The predicted octanol–water partition coefficient (Wildman–Crippen LogP) is 4.87. The second kappa shape index (κ2) is 5.17. The summed E-state index contributed by atoms with van der Waals surface area (Å²) in [6, 6.07) is 10.2. The second-order valence-corrected chi connectivity index (χ2v) is 4.97. The van der Waals surface area contributed by atoms with Crippen LogP contribution in [-0.2, 0) is 0 Å². The van der Waals surface area contributed by atoms with Gasteiger partial charge >= 0.3 is 0 Å². The van der Waals surface area contributed by atoms with E-state index in [2.05, 4.69) is 0 Å². The number of nitrogens with zero attached hydrogens (tertiary/aromatic N) is 1. The van der Waals surface area contributed by atoms with Crippen molar-refractivity contribution in [3.8, 4) is 11.1 Å². The lowest BCUT2D eigenvalue weighted by atomic mass is 10.0. The van der Waals surface area contributed by atoms with Gasteiger partial charge in [0.2, 0.25) is 0 Å². The molecule has 0 radical (unpaired) electrons. The second-order valence-electron chi connectivity index (χ2n) is 4.16. The quantitative estimate of drug-likeness (QED) is 0.760. The summed E-state index contributed by atoms with van der Waals surface area (Å²) in [5.41, 5.74) is 1.86. The normalized spacial score (nSPS) is 10.5. The van der Waals surface area contributed by atoms with Gasteiger partial charge in [-0.1, -0.05) is 35.3 Å². The van der Waals surface area contributed by atoms with E-state index in [1.54, 1.807) is 43.3 Å². The lowest BCUT2D eigenvalue weighted by Crippen LogP contribution is -2.10. The van der Waals surface area contributed by atoms with Crippen molar-refractivity contribution in [3.05, 3.63) is 52.3 Å². The third-order valence-corrected chi connectivity index (χ3v) is 3.31. The van der Waals surface area contributed by atoms with Gasteiger partial charge in [0.1, 0.15) is 5.82 Å². The van der Waals surface area contributed by atoms with Gasteiger partial charge in [-0.2, -0.15) is 0 Å². The monoisotopic (exact) mass is 283 g/mol. The van der Waals surface area contributed by atoms with E-state index in [0.717, 1.165) is 0 Å². The number of hydrogen-bond acceptors (Lipinski definition) is 1. The molecule has 0 aromatic heterocycles. The van der Waals surface area contributed by atoms with Gasteiger partial charge in [-0.15, -0.1) is 0 Å². The van der Waals surface area contributed by atoms with Gasteiger partial charge in [0.15, 0.2) is 0 Å². The zero-order valence-corrected chi connectivity index (χ0v) is 11.6. The van der Waals surface area contributed by atoms with Crippen LogP contribution in [0.2, 0.25) is 10.0 Å². The molecule has 2 aromatic carbocycles. The minimum atomic E-state index is -0.298. The number of rotatable bonds is 2. The molecule has 2 aromatic rings. The lowest BCUT2D eigenvalue weighted by molar-refractivity contribution is 0.626. The summed E-state index contributed by atoms with van der Waals surface area (Å²) in [4.78, 5) is 1.72. The largest absolute Gasteiger partial charge is 0.375 e. The van der Waals surface area contributed by atoms with Crippen LogP contribution >= 0.6 is 23.2 Å². The zero-order chi connectivity index (χ0) is 13.3. The van der Waals surface area contributed by atoms with Crippen LogP contribution < -0.4 is 4.90 Å². The van der Waals surface area contributed by atoms with Gasteiger partial charge in [0, 0.05) is 29.7 Å². The Morgan fingerprint density at radius 3 is 2.11 bits per heavy atom. The minimum Gasteiger partial charge on any atom is -0.375 e. The van der Waals surface area contributed by atoms with Gasteiger partial charge in [0.05, 0.1) is 5.69 Å². The van der Waals surface area contributed by atoms with Crippen molar-refractivity contribution in [2.45, 2.75) is 0 Å². The van der Waals surface area contributed by atoms with Crippen molar-refractivity contribution < 1.29 is 4.39 Å². The van der Waals surface area contributed by atoms with Crippen molar-refractivity contribution in [1.29, 1.82) is 0 Å². The van der Waals surface area contributed by atoms with Crippen LogP contribution in [0.3, 0.4) is 0 Å². The average Bonchev–Trinajstić information content (AvgIpc) is 2.28. The molecule has 1 nitrogen and oxygen atoms in total. The van der Waals surface area contributed by atoms with Gasteiger partial charge in [-0.05, 0) is 29.8 Å². The summed E-state index contributed by atoms with van der Waals surface area (Å²) in [5.74, 6) is -0.298. The highest BCUT2D eigenvalue weighted by molar-refractivity contribution is 6.39. The third-order valence-electron chi connectivity index (χ3n) is 2.68. The first kappa shape index (κ1) is 13.2. The van der Waals surface area contributed by atoms with Crippen LogP contribution in [0, 0.1) is 5.82 Å². The van der Waals surface area contributed by atoms with E-state index in [-0.39, 0.29) is 5.82 Å². The summed E-state index contributed by atoms with van der Waals surface area (Å²) in [7, 11) is 3.58. The van der Waals surface area contributed by atoms with Gasteiger partial charge in [-0.25, -0.2) is 4.39 Å². The number of benzene rings is 2. The first-order valence-corrected chi connectivity index (χ1v) is 6.17. The number of halogens is 3. The molecule has 0 bridgehead atoms. The predicted molar refractivity (Wildman–Crippen MR) is 76.2 cm³/mol. The summed E-state index contributed by atoms with van der Waals surface area (Å²) in [5, 5.41) is 1.03. The Morgan fingerprint density at radius 1 is 1.00 bits per heavy atom. The van der Waals surface area contributed by atoms with E-state index < -0.39 is 0 Å². The van der Waals surface area contributed by atoms with Crippen molar-refractivity contribution in [1.82, 2.24) is 0 Å². The Morgan fingerprint density at radius 2 is 1.61 bits per heavy atom. The molecule has 0 fully saturated rings. The van der Waals surface area contributed by atoms with Gasteiger partial charge < -0.3 is 4.90 Å². The fraction of sp³-hybridized carbons (Fsp3) is 0.143. The number of anilines is 1. The van der Waals surface area contributed by atoms with Crippen LogP contribution in [0.1, 0.15) is 0 Å². The topological polar surface area (TPSA) is 3.24 Å². The molecule has 0 saturated heterocycles. The average molecular weight is 284 g/mol. The molecule has 2 rings (SSSR count). The smallest absolute Gasteiger partial charge is 0.147 e. The molecule has 0 heterocycles. The molecule has 0 N–H and O–H groups in total. The molecule has 94 valence electrons. The maximum absolute atomic E-state index is 13.9. The lowest BCUT2D eigenvalue weighted by Gasteiger charge is -2.15. The minimum absolute atomic E-state index is 0.298. The van der Waals surface area contributed by atoms with Crippen LogP contribution in [0.25, 0.3) is 11.1 Å². The molecule has 4 heteroatoms. The Bertz CT molecular complexity index is 562. The summed E-state index contributed by atoms with van der Waals surface area (Å²) >= 11 is 12.2. The maximum Gasteiger partial charge on any atom is 0.147 e. The van der Waals surface area contributed by atoms with E-state index in [9.17, 15) is 4.39 Å². The molecule has 0 aliphatic heterocycles. The molecule has 0 aliphatic rings. The molecule has 0 amide bonds.